The van der Waals surface area contributed by atoms with Gasteiger partial charge in [-0.3, -0.25) is 4.79 Å². The number of carbonyl (C=O) groups is 2. The van der Waals surface area contributed by atoms with Gasteiger partial charge in [-0.05, 0) is 55.0 Å². The fourth-order valence-corrected chi connectivity index (χ4v) is 2.33. The van der Waals surface area contributed by atoms with Crippen LogP contribution in [0.25, 0.3) is 5.69 Å². The van der Waals surface area contributed by atoms with Gasteiger partial charge < -0.3 is 10.6 Å². The molecule has 0 saturated heterocycles. The summed E-state index contributed by atoms with van der Waals surface area (Å²) >= 11 is 0. The highest BCUT2D eigenvalue weighted by Gasteiger charge is 2.04. The second kappa shape index (κ2) is 7.44. The summed E-state index contributed by atoms with van der Waals surface area (Å²) in [7, 11) is 0. The minimum Gasteiger partial charge on any atom is -0.334 e. The monoisotopic (exact) mass is 334 g/mol. The summed E-state index contributed by atoms with van der Waals surface area (Å²) in [4.78, 5) is 23.2. The van der Waals surface area contributed by atoms with Gasteiger partial charge in [0.05, 0.1) is 5.69 Å². The topological polar surface area (TPSA) is 76.0 Å². The third-order valence-electron chi connectivity index (χ3n) is 3.71. The van der Waals surface area contributed by atoms with E-state index in [0.717, 1.165) is 11.3 Å². The molecule has 3 aromatic rings. The second-order valence-electron chi connectivity index (χ2n) is 5.56. The molecule has 0 aliphatic carbocycles. The quantitative estimate of drug-likeness (QED) is 0.702. The van der Waals surface area contributed by atoms with Gasteiger partial charge in [-0.25, -0.2) is 9.48 Å². The van der Waals surface area contributed by atoms with E-state index >= 15 is 0 Å². The number of carbonyl (C=O) groups excluding carboxylic acids is 2. The number of ketones is 1. The summed E-state index contributed by atoms with van der Waals surface area (Å²) in [6, 6.07) is 16.1. The first-order valence-corrected chi connectivity index (χ1v) is 7.86. The molecule has 1 aromatic heterocycles. The zero-order valence-corrected chi connectivity index (χ0v) is 13.8. The summed E-state index contributed by atoms with van der Waals surface area (Å²) < 4.78 is 1.77. The molecule has 0 aliphatic rings. The molecule has 3 rings (SSSR count). The maximum absolute atomic E-state index is 12.0. The SMILES string of the molecule is CC(=O)c1ccc(NC(=O)NCc2ccc(-n3cccn3)cc2)cc1. The number of amides is 2. The number of aromatic nitrogens is 2. The van der Waals surface area contributed by atoms with Crippen LogP contribution in [0.2, 0.25) is 0 Å². The molecule has 6 heteroatoms. The van der Waals surface area contributed by atoms with Gasteiger partial charge in [-0.1, -0.05) is 12.1 Å². The third-order valence-corrected chi connectivity index (χ3v) is 3.71. The fourth-order valence-electron chi connectivity index (χ4n) is 2.33. The van der Waals surface area contributed by atoms with Crippen molar-refractivity contribution in [3.05, 3.63) is 78.1 Å². The van der Waals surface area contributed by atoms with Crippen molar-refractivity contribution in [3.8, 4) is 5.69 Å². The Morgan fingerprint density at radius 1 is 1.04 bits per heavy atom. The molecule has 0 saturated carbocycles. The molecule has 2 N–H and O–H groups in total. The summed E-state index contributed by atoms with van der Waals surface area (Å²) in [6.45, 7) is 1.92. The fraction of sp³-hybridized carbons (Fsp3) is 0.105. The number of hydrogen-bond donors (Lipinski definition) is 2. The zero-order valence-electron chi connectivity index (χ0n) is 13.8. The van der Waals surface area contributed by atoms with Crippen molar-refractivity contribution in [2.75, 3.05) is 5.32 Å². The van der Waals surface area contributed by atoms with Gasteiger partial charge in [0, 0.05) is 30.2 Å². The van der Waals surface area contributed by atoms with Crippen molar-refractivity contribution in [1.29, 1.82) is 0 Å². The van der Waals surface area contributed by atoms with E-state index in [4.69, 9.17) is 0 Å². The molecule has 2 aromatic carbocycles. The predicted octanol–water partition coefficient (Wildman–Crippen LogP) is 3.40. The first-order chi connectivity index (χ1) is 12.1. The Hall–Kier alpha value is -3.41. The van der Waals surface area contributed by atoms with E-state index in [-0.39, 0.29) is 11.8 Å². The number of Topliss-reactive ketones (excluding diaryl/α,β-unsaturated/α-hetero) is 1. The Balaban J connectivity index is 1.52. The van der Waals surface area contributed by atoms with E-state index in [1.54, 1.807) is 35.1 Å². The van der Waals surface area contributed by atoms with Crippen LogP contribution >= 0.6 is 0 Å². The standard InChI is InChI=1S/C19H18N4O2/c1-14(24)16-5-7-17(8-6-16)22-19(25)20-13-15-3-9-18(10-4-15)23-12-2-11-21-23/h2-12H,13H2,1H3,(H2,20,22,25). The number of rotatable bonds is 5. The molecule has 0 radical (unpaired) electrons. The predicted molar refractivity (Wildman–Crippen MR) is 95.9 cm³/mol. The van der Waals surface area contributed by atoms with E-state index < -0.39 is 0 Å². The van der Waals surface area contributed by atoms with Crippen LogP contribution in [0.15, 0.2) is 67.0 Å². The van der Waals surface area contributed by atoms with E-state index in [1.165, 1.54) is 6.92 Å². The number of hydrogen-bond acceptors (Lipinski definition) is 3. The second-order valence-corrected chi connectivity index (χ2v) is 5.56. The van der Waals surface area contributed by atoms with E-state index in [0.29, 0.717) is 17.8 Å². The van der Waals surface area contributed by atoms with Crippen LogP contribution in [0.1, 0.15) is 22.8 Å². The number of urea groups is 1. The molecule has 0 unspecified atom stereocenters. The summed E-state index contributed by atoms with van der Waals surface area (Å²) in [5, 5.41) is 9.71. The normalized spacial score (nSPS) is 10.3. The lowest BCUT2D eigenvalue weighted by atomic mass is 10.1. The molecule has 0 spiro atoms. The average Bonchev–Trinajstić information content (AvgIpc) is 3.15. The van der Waals surface area contributed by atoms with E-state index in [9.17, 15) is 9.59 Å². The molecule has 1 heterocycles. The van der Waals surface area contributed by atoms with Crippen molar-refractivity contribution < 1.29 is 9.59 Å². The summed E-state index contributed by atoms with van der Waals surface area (Å²) in [5.41, 5.74) is 3.20. The third kappa shape index (κ3) is 4.32. The van der Waals surface area contributed by atoms with Crippen LogP contribution in [0.5, 0.6) is 0 Å². The lowest BCUT2D eigenvalue weighted by molar-refractivity contribution is 0.101. The first-order valence-electron chi connectivity index (χ1n) is 7.86. The molecular weight excluding hydrogens is 316 g/mol. The van der Waals surface area contributed by atoms with Crippen molar-refractivity contribution in [3.63, 3.8) is 0 Å². The van der Waals surface area contributed by atoms with Gasteiger partial charge in [0.1, 0.15) is 0 Å². The van der Waals surface area contributed by atoms with Gasteiger partial charge in [0.2, 0.25) is 0 Å². The largest absolute Gasteiger partial charge is 0.334 e. The minimum atomic E-state index is -0.299. The number of benzene rings is 2. The smallest absolute Gasteiger partial charge is 0.319 e. The minimum absolute atomic E-state index is 0.00504. The van der Waals surface area contributed by atoms with Crippen molar-refractivity contribution in [2.24, 2.45) is 0 Å². The lowest BCUT2D eigenvalue weighted by Crippen LogP contribution is -2.28. The molecule has 6 nitrogen and oxygen atoms in total. The number of anilines is 1. The van der Waals surface area contributed by atoms with Crippen LogP contribution in [0.3, 0.4) is 0 Å². The molecule has 0 bridgehead atoms. The number of nitrogens with one attached hydrogen (secondary N) is 2. The van der Waals surface area contributed by atoms with Gasteiger partial charge in [0.25, 0.3) is 0 Å². The Morgan fingerprint density at radius 2 is 1.76 bits per heavy atom. The molecule has 0 atom stereocenters. The summed E-state index contributed by atoms with van der Waals surface area (Å²) in [5.74, 6) is -0.00504. The van der Waals surface area contributed by atoms with Gasteiger partial charge in [0.15, 0.2) is 5.78 Å². The molecule has 0 fully saturated rings. The number of nitrogens with zero attached hydrogens (tertiary/aromatic N) is 2. The average molecular weight is 334 g/mol. The first kappa shape index (κ1) is 16.4. The molecule has 25 heavy (non-hydrogen) atoms. The highest BCUT2D eigenvalue weighted by molar-refractivity contribution is 5.95. The van der Waals surface area contributed by atoms with Gasteiger partial charge in [-0.2, -0.15) is 5.10 Å². The Labute approximate surface area is 145 Å². The van der Waals surface area contributed by atoms with Crippen molar-refractivity contribution in [2.45, 2.75) is 13.5 Å². The van der Waals surface area contributed by atoms with Gasteiger partial charge >= 0.3 is 6.03 Å². The molecule has 2 amide bonds. The Bertz CT molecular complexity index is 853. The zero-order chi connectivity index (χ0) is 17.6. The van der Waals surface area contributed by atoms with Crippen molar-refractivity contribution >= 4 is 17.5 Å². The lowest BCUT2D eigenvalue weighted by Gasteiger charge is -2.09. The highest BCUT2D eigenvalue weighted by Crippen LogP contribution is 2.11. The Kier molecular flexibility index (Phi) is 4.89. The van der Waals surface area contributed by atoms with Crippen molar-refractivity contribution in [1.82, 2.24) is 15.1 Å². The molecular formula is C19H18N4O2. The van der Waals surface area contributed by atoms with Crippen LogP contribution < -0.4 is 10.6 Å². The molecule has 0 aliphatic heterocycles. The van der Waals surface area contributed by atoms with Crippen LogP contribution in [-0.2, 0) is 6.54 Å². The van der Waals surface area contributed by atoms with Crippen LogP contribution in [0, 0.1) is 0 Å². The maximum atomic E-state index is 12.0. The van der Waals surface area contributed by atoms with Crippen LogP contribution in [0.4, 0.5) is 10.5 Å². The maximum Gasteiger partial charge on any atom is 0.319 e. The summed E-state index contributed by atoms with van der Waals surface area (Å²) in [6.07, 6.45) is 3.60. The molecule has 126 valence electrons. The Morgan fingerprint density at radius 3 is 2.36 bits per heavy atom. The van der Waals surface area contributed by atoms with Gasteiger partial charge in [-0.15, -0.1) is 0 Å². The highest BCUT2D eigenvalue weighted by atomic mass is 16.2. The van der Waals surface area contributed by atoms with E-state index in [1.807, 2.05) is 36.5 Å². The van der Waals surface area contributed by atoms with Crippen LogP contribution in [-0.4, -0.2) is 21.6 Å². The van der Waals surface area contributed by atoms with E-state index in [2.05, 4.69) is 15.7 Å².